The van der Waals surface area contributed by atoms with Crippen molar-refractivity contribution in [2.45, 2.75) is 19.5 Å². The molecule has 1 saturated heterocycles. The van der Waals surface area contributed by atoms with Gasteiger partial charge in [-0.3, -0.25) is 9.59 Å². The molecule has 0 spiro atoms. The molecule has 0 unspecified atom stereocenters. The van der Waals surface area contributed by atoms with Crippen LogP contribution in [0.15, 0.2) is 42.5 Å². The predicted octanol–water partition coefficient (Wildman–Crippen LogP) is 3.86. The van der Waals surface area contributed by atoms with E-state index < -0.39 is 25.1 Å². The third kappa shape index (κ3) is 5.44. The van der Waals surface area contributed by atoms with E-state index in [9.17, 15) is 23.2 Å². The zero-order valence-corrected chi connectivity index (χ0v) is 16.3. The van der Waals surface area contributed by atoms with Gasteiger partial charge in [0.2, 0.25) is 5.91 Å². The Hall–Kier alpha value is -3.20. The molecule has 2 aromatic carbocycles. The Labute approximate surface area is 175 Å². The highest BCUT2D eigenvalue weighted by Crippen LogP contribution is 2.29. The van der Waals surface area contributed by atoms with E-state index in [1.807, 2.05) is 0 Å². The lowest BCUT2D eigenvalue weighted by Crippen LogP contribution is -2.24. The highest BCUT2D eigenvalue weighted by molar-refractivity contribution is 6.32. The molecule has 1 heterocycles. The van der Waals surface area contributed by atoms with Gasteiger partial charge in [-0.15, -0.1) is 0 Å². The van der Waals surface area contributed by atoms with Crippen LogP contribution < -0.4 is 15.0 Å². The van der Waals surface area contributed by atoms with Crippen LogP contribution in [0.4, 0.5) is 20.2 Å². The maximum absolute atomic E-state index is 12.2. The van der Waals surface area contributed by atoms with Gasteiger partial charge >= 0.3 is 12.6 Å². The zero-order chi connectivity index (χ0) is 21.7. The van der Waals surface area contributed by atoms with Gasteiger partial charge in [0.1, 0.15) is 5.75 Å². The molecule has 0 saturated carbocycles. The molecule has 0 aliphatic carbocycles. The van der Waals surface area contributed by atoms with E-state index in [4.69, 9.17) is 16.3 Å². The summed E-state index contributed by atoms with van der Waals surface area (Å²) >= 11 is 5.82. The summed E-state index contributed by atoms with van der Waals surface area (Å²) in [5, 5.41) is 2.32. The monoisotopic (exact) mass is 438 g/mol. The Morgan fingerprint density at radius 1 is 1.20 bits per heavy atom. The number of hydrogen-bond acceptors (Lipinski definition) is 5. The van der Waals surface area contributed by atoms with E-state index in [0.29, 0.717) is 18.7 Å². The van der Waals surface area contributed by atoms with Gasteiger partial charge < -0.3 is 19.7 Å². The molecule has 0 atom stereocenters. The fraction of sp³-hybridized carbons (Fsp3) is 0.250. The summed E-state index contributed by atoms with van der Waals surface area (Å²) in [5.74, 6) is -1.61. The maximum Gasteiger partial charge on any atom is 0.387 e. The molecule has 1 fully saturated rings. The lowest BCUT2D eigenvalue weighted by molar-refractivity contribution is -0.119. The number of benzene rings is 2. The van der Waals surface area contributed by atoms with Crippen molar-refractivity contribution in [3.05, 3.63) is 53.1 Å². The number of halogens is 3. The summed E-state index contributed by atoms with van der Waals surface area (Å²) in [6.45, 7) is -3.01. The van der Waals surface area contributed by atoms with Gasteiger partial charge in [-0.2, -0.15) is 8.78 Å². The number of ether oxygens (including phenoxy) is 2. The van der Waals surface area contributed by atoms with E-state index >= 15 is 0 Å². The first kappa shape index (κ1) is 21.5. The molecule has 0 radical (unpaired) electrons. The highest BCUT2D eigenvalue weighted by Gasteiger charge is 2.22. The van der Waals surface area contributed by atoms with E-state index in [-0.39, 0.29) is 27.9 Å². The molecule has 158 valence electrons. The third-order valence-corrected chi connectivity index (χ3v) is 4.53. The van der Waals surface area contributed by atoms with Crippen LogP contribution in [0, 0.1) is 0 Å². The number of anilines is 2. The van der Waals surface area contributed by atoms with Gasteiger partial charge in [-0.05, 0) is 42.8 Å². The number of rotatable bonds is 7. The molecule has 7 nitrogen and oxygen atoms in total. The van der Waals surface area contributed by atoms with Gasteiger partial charge in [-0.1, -0.05) is 17.7 Å². The summed E-state index contributed by atoms with van der Waals surface area (Å²) < 4.78 is 33.7. The van der Waals surface area contributed by atoms with Crippen LogP contribution in [0.3, 0.4) is 0 Å². The Kier molecular flexibility index (Phi) is 6.83. The summed E-state index contributed by atoms with van der Waals surface area (Å²) in [5.41, 5.74) is 1.02. The largest absolute Gasteiger partial charge is 0.452 e. The van der Waals surface area contributed by atoms with Crippen LogP contribution in [-0.4, -0.2) is 37.5 Å². The lowest BCUT2D eigenvalue weighted by Gasteiger charge is -2.16. The maximum atomic E-state index is 12.2. The van der Waals surface area contributed by atoms with Crippen molar-refractivity contribution in [3.63, 3.8) is 0 Å². The van der Waals surface area contributed by atoms with Crippen molar-refractivity contribution >= 4 is 40.8 Å². The van der Waals surface area contributed by atoms with E-state index in [1.54, 1.807) is 17.0 Å². The Balaban J connectivity index is 1.55. The Morgan fingerprint density at radius 2 is 2.00 bits per heavy atom. The molecule has 1 aliphatic rings. The molecule has 2 aromatic rings. The van der Waals surface area contributed by atoms with Crippen molar-refractivity contribution in [2.75, 3.05) is 23.4 Å². The topological polar surface area (TPSA) is 84.9 Å². The van der Waals surface area contributed by atoms with Crippen molar-refractivity contribution in [2.24, 2.45) is 0 Å². The number of amides is 2. The number of carbonyl (C=O) groups excluding carboxylic acids is 3. The number of nitrogens with one attached hydrogen (secondary N) is 1. The zero-order valence-electron chi connectivity index (χ0n) is 15.6. The number of nitrogens with zero attached hydrogens (tertiary/aromatic N) is 1. The number of alkyl halides is 2. The van der Waals surface area contributed by atoms with Crippen molar-refractivity contribution in [3.8, 4) is 5.75 Å². The summed E-state index contributed by atoms with van der Waals surface area (Å²) in [7, 11) is 0. The van der Waals surface area contributed by atoms with Crippen molar-refractivity contribution in [1.29, 1.82) is 0 Å². The molecule has 10 heteroatoms. The molecule has 0 aromatic heterocycles. The van der Waals surface area contributed by atoms with Crippen LogP contribution in [0.25, 0.3) is 0 Å². The first-order valence-corrected chi connectivity index (χ1v) is 9.33. The SMILES string of the molecule is O=C(COC(=O)c1cccc(N2CCCC2=O)c1)Nc1ccc(OC(F)F)c(Cl)c1. The summed E-state index contributed by atoms with van der Waals surface area (Å²) in [4.78, 5) is 37.7. The van der Waals surface area contributed by atoms with Crippen LogP contribution >= 0.6 is 11.6 Å². The van der Waals surface area contributed by atoms with Gasteiger partial charge in [-0.25, -0.2) is 4.79 Å². The number of carbonyl (C=O) groups is 3. The van der Waals surface area contributed by atoms with Crippen molar-refractivity contribution in [1.82, 2.24) is 0 Å². The minimum absolute atomic E-state index is 0.0106. The first-order chi connectivity index (χ1) is 14.3. The molecule has 1 N–H and O–H groups in total. The molecule has 2 amide bonds. The molecule has 1 aliphatic heterocycles. The second-order valence-corrected chi connectivity index (χ2v) is 6.75. The van der Waals surface area contributed by atoms with E-state index in [2.05, 4.69) is 10.1 Å². The van der Waals surface area contributed by atoms with Crippen molar-refractivity contribution < 1.29 is 32.6 Å². The molecular weight excluding hydrogens is 422 g/mol. The Bertz CT molecular complexity index is 970. The summed E-state index contributed by atoms with van der Waals surface area (Å²) in [6, 6.07) is 10.1. The smallest absolute Gasteiger partial charge is 0.387 e. The van der Waals surface area contributed by atoms with Gasteiger partial charge in [0, 0.05) is 24.3 Å². The standard InChI is InChI=1S/C20H17ClF2N2O5/c21-15-10-13(6-7-16(15)30-20(22)23)24-17(26)11-29-19(28)12-3-1-4-14(9-12)25-8-2-5-18(25)27/h1,3-4,6-7,9-10,20H,2,5,8,11H2,(H,24,26). The molecular formula is C20H17ClF2N2O5. The van der Waals surface area contributed by atoms with Crippen LogP contribution in [-0.2, 0) is 14.3 Å². The minimum Gasteiger partial charge on any atom is -0.452 e. The van der Waals surface area contributed by atoms with Crippen LogP contribution in [0.1, 0.15) is 23.2 Å². The number of hydrogen-bond donors (Lipinski definition) is 1. The average Bonchev–Trinajstić information content (AvgIpc) is 3.14. The fourth-order valence-electron chi connectivity index (χ4n) is 2.90. The second-order valence-electron chi connectivity index (χ2n) is 6.35. The lowest BCUT2D eigenvalue weighted by atomic mass is 10.2. The van der Waals surface area contributed by atoms with Gasteiger partial charge in [0.25, 0.3) is 5.91 Å². The van der Waals surface area contributed by atoms with Crippen LogP contribution in [0.2, 0.25) is 5.02 Å². The third-order valence-electron chi connectivity index (χ3n) is 4.23. The van der Waals surface area contributed by atoms with Gasteiger partial charge in [0.05, 0.1) is 10.6 Å². The fourth-order valence-corrected chi connectivity index (χ4v) is 3.13. The number of esters is 1. The molecule has 30 heavy (non-hydrogen) atoms. The van der Waals surface area contributed by atoms with E-state index in [1.165, 1.54) is 30.3 Å². The van der Waals surface area contributed by atoms with E-state index in [0.717, 1.165) is 6.42 Å². The summed E-state index contributed by atoms with van der Waals surface area (Å²) in [6.07, 6.45) is 1.22. The first-order valence-electron chi connectivity index (χ1n) is 8.95. The average molecular weight is 439 g/mol. The minimum atomic E-state index is -3.02. The predicted molar refractivity (Wildman–Crippen MR) is 105 cm³/mol. The molecule has 3 rings (SSSR count). The molecule has 0 bridgehead atoms. The quantitative estimate of drug-likeness (QED) is 0.663. The second kappa shape index (κ2) is 9.53. The van der Waals surface area contributed by atoms with Gasteiger partial charge in [0.15, 0.2) is 6.61 Å². The Morgan fingerprint density at radius 3 is 2.67 bits per heavy atom. The normalized spacial score (nSPS) is 13.5. The van der Waals surface area contributed by atoms with Crippen LogP contribution in [0.5, 0.6) is 5.75 Å². The highest BCUT2D eigenvalue weighted by atomic mass is 35.5.